The van der Waals surface area contributed by atoms with Gasteiger partial charge in [0, 0.05) is 38.1 Å². The summed E-state index contributed by atoms with van der Waals surface area (Å²) in [4.78, 5) is 33.0. The molecule has 8 nitrogen and oxygen atoms in total. The highest BCUT2D eigenvalue weighted by molar-refractivity contribution is 5.90. The summed E-state index contributed by atoms with van der Waals surface area (Å²) in [6.07, 6.45) is 2.35. The Balaban J connectivity index is 1.30. The molecule has 1 aliphatic heterocycles. The van der Waals surface area contributed by atoms with Crippen molar-refractivity contribution in [3.63, 3.8) is 0 Å². The Morgan fingerprint density at radius 2 is 1.68 bits per heavy atom. The quantitative estimate of drug-likeness (QED) is 0.532. The van der Waals surface area contributed by atoms with Gasteiger partial charge in [-0.05, 0) is 61.9 Å². The molecule has 1 saturated heterocycles. The number of hydrogen-bond donors (Lipinski definition) is 1. The number of urea groups is 1. The average Bonchev–Trinajstić information content (AvgIpc) is 3.13. The van der Waals surface area contributed by atoms with Crippen LogP contribution in [0.3, 0.4) is 0 Å². The minimum Gasteiger partial charge on any atom is -0.462 e. The Hall–Kier alpha value is -4.07. The molecule has 0 atom stereocenters. The highest BCUT2D eigenvalue weighted by Gasteiger charge is 2.20. The van der Waals surface area contributed by atoms with E-state index >= 15 is 0 Å². The van der Waals surface area contributed by atoms with E-state index in [4.69, 9.17) is 9.47 Å². The van der Waals surface area contributed by atoms with Gasteiger partial charge >= 0.3 is 12.0 Å². The minimum absolute atomic E-state index is 0.135. The molecule has 0 radical (unpaired) electrons. The van der Waals surface area contributed by atoms with Crippen molar-refractivity contribution in [1.82, 2.24) is 9.88 Å². The fourth-order valence-electron chi connectivity index (χ4n) is 3.69. The van der Waals surface area contributed by atoms with E-state index in [2.05, 4.69) is 15.2 Å². The number of carbonyl (C=O) groups excluding carboxylic acids is 2. The standard InChI is InChI=1S/C26H28N4O4/c1-2-33-25(31)20-9-14-24(27-19-20)29-15-6-16-30(18-17-29)26(32)28-21-10-12-23(13-11-21)34-22-7-4-3-5-8-22/h3-5,7-14,19H,2,6,15-18H2,1H3,(H,28,32). The molecule has 2 heterocycles. The van der Waals surface area contributed by atoms with Gasteiger partial charge < -0.3 is 24.6 Å². The van der Waals surface area contributed by atoms with Crippen molar-refractivity contribution in [2.75, 3.05) is 43.0 Å². The third kappa shape index (κ3) is 6.04. The molecule has 1 fully saturated rings. The highest BCUT2D eigenvalue weighted by Crippen LogP contribution is 2.23. The number of rotatable bonds is 6. The van der Waals surface area contributed by atoms with E-state index in [9.17, 15) is 9.59 Å². The third-order valence-electron chi connectivity index (χ3n) is 5.45. The number of pyridine rings is 1. The zero-order valence-corrected chi connectivity index (χ0v) is 19.1. The number of esters is 1. The molecule has 2 aromatic carbocycles. The Labute approximate surface area is 199 Å². The molecule has 3 aromatic rings. The fraction of sp³-hybridized carbons (Fsp3) is 0.269. The Morgan fingerprint density at radius 3 is 2.38 bits per heavy atom. The van der Waals surface area contributed by atoms with Gasteiger partial charge in [0.15, 0.2) is 0 Å². The second-order valence-electron chi connectivity index (χ2n) is 7.82. The van der Waals surface area contributed by atoms with E-state index in [1.165, 1.54) is 6.20 Å². The predicted molar refractivity (Wildman–Crippen MR) is 131 cm³/mol. The summed E-state index contributed by atoms with van der Waals surface area (Å²) >= 11 is 0. The molecule has 0 saturated carbocycles. The van der Waals surface area contributed by atoms with E-state index in [0.29, 0.717) is 43.2 Å². The highest BCUT2D eigenvalue weighted by atomic mass is 16.5. The first-order valence-electron chi connectivity index (χ1n) is 11.4. The monoisotopic (exact) mass is 460 g/mol. The normalized spacial score (nSPS) is 13.7. The molecular formula is C26H28N4O4. The smallest absolute Gasteiger partial charge is 0.339 e. The van der Waals surface area contributed by atoms with Crippen LogP contribution in [-0.2, 0) is 4.74 Å². The molecule has 176 valence electrons. The van der Waals surface area contributed by atoms with E-state index in [1.807, 2.05) is 60.7 Å². The van der Waals surface area contributed by atoms with E-state index < -0.39 is 0 Å². The molecular weight excluding hydrogens is 432 g/mol. The third-order valence-corrected chi connectivity index (χ3v) is 5.45. The van der Waals surface area contributed by atoms with Crippen LogP contribution in [0, 0.1) is 0 Å². The van der Waals surface area contributed by atoms with E-state index in [-0.39, 0.29) is 12.0 Å². The number of nitrogens with one attached hydrogen (secondary N) is 1. The molecule has 1 N–H and O–H groups in total. The molecule has 4 rings (SSSR count). The maximum absolute atomic E-state index is 12.8. The van der Waals surface area contributed by atoms with Crippen molar-refractivity contribution in [2.45, 2.75) is 13.3 Å². The lowest BCUT2D eigenvalue weighted by atomic mass is 10.2. The van der Waals surface area contributed by atoms with Crippen LogP contribution < -0.4 is 15.0 Å². The van der Waals surface area contributed by atoms with Crippen LogP contribution in [0.25, 0.3) is 0 Å². The average molecular weight is 461 g/mol. The lowest BCUT2D eigenvalue weighted by molar-refractivity contribution is 0.0526. The number of anilines is 2. The van der Waals surface area contributed by atoms with Gasteiger partial charge in [0.1, 0.15) is 17.3 Å². The van der Waals surface area contributed by atoms with Crippen LogP contribution in [-0.4, -0.2) is 54.7 Å². The van der Waals surface area contributed by atoms with E-state index in [0.717, 1.165) is 24.5 Å². The second kappa shape index (κ2) is 11.2. The van der Waals surface area contributed by atoms with Crippen LogP contribution in [0.5, 0.6) is 11.5 Å². The number of benzene rings is 2. The van der Waals surface area contributed by atoms with Crippen molar-refractivity contribution in [1.29, 1.82) is 0 Å². The molecule has 0 unspecified atom stereocenters. The Kier molecular flexibility index (Phi) is 7.60. The molecule has 34 heavy (non-hydrogen) atoms. The lowest BCUT2D eigenvalue weighted by Gasteiger charge is -2.23. The van der Waals surface area contributed by atoms with Crippen LogP contribution in [0.1, 0.15) is 23.7 Å². The number of ether oxygens (including phenoxy) is 2. The molecule has 0 aliphatic carbocycles. The van der Waals surface area contributed by atoms with Crippen LogP contribution >= 0.6 is 0 Å². The van der Waals surface area contributed by atoms with Gasteiger partial charge in [0.05, 0.1) is 12.2 Å². The molecule has 0 bridgehead atoms. The van der Waals surface area contributed by atoms with Gasteiger partial charge in [-0.2, -0.15) is 0 Å². The second-order valence-corrected chi connectivity index (χ2v) is 7.82. The summed E-state index contributed by atoms with van der Waals surface area (Å²) < 4.78 is 10.8. The largest absolute Gasteiger partial charge is 0.462 e. The zero-order valence-electron chi connectivity index (χ0n) is 19.1. The van der Waals surface area contributed by atoms with Gasteiger partial charge in [-0.25, -0.2) is 14.6 Å². The molecule has 2 amide bonds. The predicted octanol–water partition coefficient (Wildman–Crippen LogP) is 4.79. The Bertz CT molecular complexity index is 1090. The number of hydrogen-bond acceptors (Lipinski definition) is 6. The van der Waals surface area contributed by atoms with Gasteiger partial charge in [-0.1, -0.05) is 18.2 Å². The number of nitrogens with zero attached hydrogens (tertiary/aromatic N) is 3. The van der Waals surface area contributed by atoms with Crippen molar-refractivity contribution in [3.05, 3.63) is 78.5 Å². The zero-order chi connectivity index (χ0) is 23.8. The fourth-order valence-corrected chi connectivity index (χ4v) is 3.69. The first-order chi connectivity index (χ1) is 16.6. The summed E-state index contributed by atoms with van der Waals surface area (Å²) in [5, 5.41) is 2.96. The molecule has 1 aliphatic rings. The van der Waals surface area contributed by atoms with Crippen LogP contribution in [0.15, 0.2) is 72.9 Å². The first kappa shape index (κ1) is 23.1. The summed E-state index contributed by atoms with van der Waals surface area (Å²) in [5.74, 6) is 1.87. The van der Waals surface area contributed by atoms with Gasteiger partial charge in [-0.3, -0.25) is 0 Å². The minimum atomic E-state index is -0.375. The van der Waals surface area contributed by atoms with E-state index in [1.54, 1.807) is 17.9 Å². The van der Waals surface area contributed by atoms with Crippen molar-refractivity contribution < 1.29 is 19.1 Å². The summed E-state index contributed by atoms with van der Waals surface area (Å²) in [6, 6.07) is 20.3. The number of carbonyl (C=O) groups is 2. The Morgan fingerprint density at radius 1 is 0.912 bits per heavy atom. The van der Waals surface area contributed by atoms with Gasteiger partial charge in [-0.15, -0.1) is 0 Å². The maximum Gasteiger partial charge on any atom is 0.339 e. The first-order valence-corrected chi connectivity index (χ1v) is 11.4. The van der Waals surface area contributed by atoms with Crippen molar-refractivity contribution in [3.8, 4) is 11.5 Å². The number of aromatic nitrogens is 1. The SMILES string of the molecule is CCOC(=O)c1ccc(N2CCCN(C(=O)Nc3ccc(Oc4ccccc4)cc3)CC2)nc1. The maximum atomic E-state index is 12.8. The summed E-state index contributed by atoms with van der Waals surface area (Å²) in [7, 11) is 0. The summed E-state index contributed by atoms with van der Waals surface area (Å²) in [6.45, 7) is 4.76. The molecule has 1 aromatic heterocycles. The molecule has 0 spiro atoms. The van der Waals surface area contributed by atoms with Crippen LogP contribution in [0.2, 0.25) is 0 Å². The van der Waals surface area contributed by atoms with Crippen molar-refractivity contribution in [2.24, 2.45) is 0 Å². The van der Waals surface area contributed by atoms with Gasteiger partial charge in [0.2, 0.25) is 0 Å². The van der Waals surface area contributed by atoms with Crippen LogP contribution in [0.4, 0.5) is 16.3 Å². The molecule has 8 heteroatoms. The lowest BCUT2D eigenvalue weighted by Crippen LogP contribution is -2.38. The number of amides is 2. The van der Waals surface area contributed by atoms with Crippen molar-refractivity contribution >= 4 is 23.5 Å². The number of para-hydroxylation sites is 1. The topological polar surface area (TPSA) is 84.0 Å². The van der Waals surface area contributed by atoms with Gasteiger partial charge in [0.25, 0.3) is 0 Å². The summed E-state index contributed by atoms with van der Waals surface area (Å²) in [5.41, 5.74) is 1.14.